The van der Waals surface area contributed by atoms with Crippen molar-refractivity contribution in [3.63, 3.8) is 0 Å². The van der Waals surface area contributed by atoms with Gasteiger partial charge in [0.1, 0.15) is 0 Å². The van der Waals surface area contributed by atoms with Gasteiger partial charge in [0.2, 0.25) is 0 Å². The molecule has 2 rings (SSSR count). The molecule has 20 heavy (non-hydrogen) atoms. The zero-order valence-electron chi connectivity index (χ0n) is 11.4. The highest BCUT2D eigenvalue weighted by molar-refractivity contribution is 7.51. The summed E-state index contributed by atoms with van der Waals surface area (Å²) >= 11 is 0. The Kier molecular flexibility index (Phi) is 4.93. The molecule has 0 radical (unpaired) electrons. The first-order valence-corrected chi connectivity index (χ1v) is 7.62. The molecule has 2 aromatic carbocycles. The van der Waals surface area contributed by atoms with E-state index in [1.807, 2.05) is 60.7 Å². The predicted octanol–water partition coefficient (Wildman–Crippen LogP) is 3.73. The highest BCUT2D eigenvalue weighted by Crippen LogP contribution is 2.43. The van der Waals surface area contributed by atoms with Crippen molar-refractivity contribution in [1.29, 1.82) is 0 Å². The molecule has 0 bridgehead atoms. The number of benzene rings is 2. The van der Waals surface area contributed by atoms with Crippen molar-refractivity contribution in [2.45, 2.75) is 0 Å². The zero-order valence-corrected chi connectivity index (χ0v) is 12.3. The van der Waals surface area contributed by atoms with Gasteiger partial charge in [-0.05, 0) is 24.3 Å². The van der Waals surface area contributed by atoms with Gasteiger partial charge in [-0.2, -0.15) is 0 Å². The van der Waals surface area contributed by atoms with Gasteiger partial charge in [0.05, 0.1) is 11.4 Å². The first-order valence-electron chi connectivity index (χ1n) is 6.08. The second-order valence-electron chi connectivity index (χ2n) is 3.97. The molecule has 6 heteroatoms. The minimum absolute atomic E-state index is 0.827. The summed E-state index contributed by atoms with van der Waals surface area (Å²) in [6.45, 7) is 0. The molecule has 0 aliphatic carbocycles. The minimum atomic E-state index is -3.39. The van der Waals surface area contributed by atoms with Gasteiger partial charge in [-0.3, -0.25) is 14.1 Å². The van der Waals surface area contributed by atoms with Crippen LogP contribution in [0.3, 0.4) is 0 Å². The Morgan fingerprint density at radius 3 is 1.60 bits per heavy atom. The Hall–Kier alpha value is -1.65. The summed E-state index contributed by atoms with van der Waals surface area (Å²) in [6, 6.07) is 19.0. The molecule has 106 valence electrons. The van der Waals surface area contributed by atoms with Crippen LogP contribution in [0.2, 0.25) is 0 Å². The highest BCUT2D eigenvalue weighted by atomic mass is 31.2. The molecule has 0 atom stereocenters. The molecule has 0 saturated carbocycles. The van der Waals surface area contributed by atoms with Crippen LogP contribution in [0.15, 0.2) is 60.7 Å². The van der Waals surface area contributed by atoms with E-state index in [4.69, 9.17) is 9.05 Å². The SMILES string of the molecule is COP(=O)(NN(c1ccccc1)c1ccccc1)OC. The molecule has 0 heterocycles. The number of nitrogens with one attached hydrogen (secondary N) is 1. The number of hydrazine groups is 1. The lowest BCUT2D eigenvalue weighted by atomic mass is 10.2. The first kappa shape index (κ1) is 14.8. The van der Waals surface area contributed by atoms with Gasteiger partial charge in [-0.15, -0.1) is 5.20 Å². The number of hydrogen-bond donors (Lipinski definition) is 1. The number of hydrogen-bond acceptors (Lipinski definition) is 4. The lowest BCUT2D eigenvalue weighted by Crippen LogP contribution is -2.32. The molecular formula is C14H17N2O3P. The molecule has 0 saturated heterocycles. The highest BCUT2D eigenvalue weighted by Gasteiger charge is 2.25. The van der Waals surface area contributed by atoms with Crippen LogP contribution in [0, 0.1) is 0 Å². The standard InChI is InChI=1S/C14H17N2O3P/c1-18-20(17,19-2)15-16(13-9-5-3-6-10-13)14-11-7-4-8-12-14/h3-12H,1-2H3,(H,15,17). The Balaban J connectivity index is 2.38. The lowest BCUT2D eigenvalue weighted by molar-refractivity contribution is 0.264. The molecule has 0 fully saturated rings. The van der Waals surface area contributed by atoms with Gasteiger partial charge < -0.3 is 0 Å². The molecular weight excluding hydrogens is 275 g/mol. The average Bonchev–Trinajstić information content (AvgIpc) is 2.54. The van der Waals surface area contributed by atoms with E-state index < -0.39 is 7.75 Å². The average molecular weight is 292 g/mol. The normalized spacial score (nSPS) is 11.3. The molecule has 0 unspecified atom stereocenters. The molecule has 1 N–H and O–H groups in total. The van der Waals surface area contributed by atoms with Gasteiger partial charge in [0.25, 0.3) is 0 Å². The van der Waals surface area contributed by atoms with Crippen LogP contribution in [0.5, 0.6) is 0 Å². The van der Waals surface area contributed by atoms with Crippen LogP contribution < -0.4 is 10.2 Å². The predicted molar refractivity (Wildman–Crippen MR) is 79.8 cm³/mol. The maximum absolute atomic E-state index is 12.3. The van der Waals surface area contributed by atoms with Gasteiger partial charge >= 0.3 is 7.75 Å². The van der Waals surface area contributed by atoms with E-state index in [-0.39, 0.29) is 0 Å². The van der Waals surface area contributed by atoms with E-state index >= 15 is 0 Å². The fourth-order valence-electron chi connectivity index (χ4n) is 1.70. The third kappa shape index (κ3) is 3.46. The Labute approximate surface area is 118 Å². The summed E-state index contributed by atoms with van der Waals surface area (Å²) in [5.41, 5.74) is 1.65. The third-order valence-corrected chi connectivity index (χ3v) is 4.14. The van der Waals surface area contributed by atoms with Crippen molar-refractivity contribution < 1.29 is 13.6 Å². The number of nitrogens with zero attached hydrogens (tertiary/aromatic N) is 1. The van der Waals surface area contributed by atoms with Crippen molar-refractivity contribution in [3.05, 3.63) is 60.7 Å². The molecule has 0 amide bonds. The van der Waals surface area contributed by atoms with Crippen LogP contribution in [0.25, 0.3) is 0 Å². The lowest BCUT2D eigenvalue weighted by Gasteiger charge is -2.28. The first-order chi connectivity index (χ1) is 9.68. The van der Waals surface area contributed by atoms with E-state index in [2.05, 4.69) is 5.20 Å². The van der Waals surface area contributed by atoms with Crippen molar-refractivity contribution >= 4 is 19.1 Å². The van der Waals surface area contributed by atoms with Gasteiger partial charge in [-0.25, -0.2) is 4.57 Å². The molecule has 0 aliphatic heterocycles. The topological polar surface area (TPSA) is 50.8 Å². The zero-order chi connectivity index (χ0) is 14.4. The second-order valence-corrected chi connectivity index (χ2v) is 5.89. The minimum Gasteiger partial charge on any atom is -0.299 e. The van der Waals surface area contributed by atoms with E-state index in [0.29, 0.717) is 0 Å². The summed E-state index contributed by atoms with van der Waals surface area (Å²) in [4.78, 5) is 0. The van der Waals surface area contributed by atoms with E-state index in [1.165, 1.54) is 14.2 Å². The van der Waals surface area contributed by atoms with Crippen LogP contribution >= 0.6 is 7.75 Å². The molecule has 0 aliphatic rings. The largest absolute Gasteiger partial charge is 0.423 e. The van der Waals surface area contributed by atoms with E-state index in [1.54, 1.807) is 5.01 Å². The summed E-state index contributed by atoms with van der Waals surface area (Å²) in [7, 11) is -0.715. The molecule has 2 aromatic rings. The van der Waals surface area contributed by atoms with Crippen LogP contribution in [0.1, 0.15) is 0 Å². The smallest absolute Gasteiger partial charge is 0.299 e. The quantitative estimate of drug-likeness (QED) is 0.649. The van der Waals surface area contributed by atoms with Crippen molar-refractivity contribution in [1.82, 2.24) is 5.20 Å². The van der Waals surface area contributed by atoms with E-state index in [9.17, 15) is 4.57 Å². The maximum Gasteiger partial charge on any atom is 0.423 e. The fraction of sp³-hybridized carbons (Fsp3) is 0.143. The van der Waals surface area contributed by atoms with Gasteiger partial charge in [0, 0.05) is 14.2 Å². The Bertz CT molecular complexity index is 530. The van der Waals surface area contributed by atoms with Crippen molar-refractivity contribution in [3.8, 4) is 0 Å². The fourth-order valence-corrected chi connectivity index (χ4v) is 2.49. The van der Waals surface area contributed by atoms with Crippen LogP contribution in [-0.2, 0) is 13.6 Å². The number of anilines is 2. The monoisotopic (exact) mass is 292 g/mol. The second kappa shape index (κ2) is 6.68. The molecule has 0 spiro atoms. The molecule has 0 aromatic heterocycles. The Morgan fingerprint density at radius 1 is 0.850 bits per heavy atom. The maximum atomic E-state index is 12.3. The summed E-state index contributed by atoms with van der Waals surface area (Å²) in [5, 5.41) is 4.48. The third-order valence-electron chi connectivity index (χ3n) is 2.73. The van der Waals surface area contributed by atoms with Gasteiger partial charge in [0.15, 0.2) is 0 Å². The van der Waals surface area contributed by atoms with Crippen molar-refractivity contribution in [2.24, 2.45) is 0 Å². The Morgan fingerprint density at radius 2 is 1.25 bits per heavy atom. The summed E-state index contributed by atoms with van der Waals surface area (Å²) in [6.07, 6.45) is 0. The number of rotatable bonds is 6. The summed E-state index contributed by atoms with van der Waals surface area (Å²) < 4.78 is 22.2. The van der Waals surface area contributed by atoms with Crippen LogP contribution in [-0.4, -0.2) is 14.2 Å². The summed E-state index contributed by atoms with van der Waals surface area (Å²) in [5.74, 6) is 0. The van der Waals surface area contributed by atoms with Crippen molar-refractivity contribution in [2.75, 3.05) is 19.2 Å². The van der Waals surface area contributed by atoms with Gasteiger partial charge in [-0.1, -0.05) is 36.4 Å². The molecule has 5 nitrogen and oxygen atoms in total. The number of para-hydroxylation sites is 2. The van der Waals surface area contributed by atoms with Crippen LogP contribution in [0.4, 0.5) is 11.4 Å². The van der Waals surface area contributed by atoms with E-state index in [0.717, 1.165) is 11.4 Å².